The van der Waals surface area contributed by atoms with Gasteiger partial charge in [0.2, 0.25) is 0 Å². The third kappa shape index (κ3) is 3.27. The maximum atomic E-state index is 2.34. The fourth-order valence-corrected chi connectivity index (χ4v) is 3.39. The Bertz CT molecular complexity index is 532. The molecule has 1 aromatic heterocycles. The minimum absolute atomic E-state index is 0.829. The number of unbranched alkanes of at least 4 members (excludes halogenated alkanes) is 2. The van der Waals surface area contributed by atoms with Crippen LogP contribution in [0.3, 0.4) is 0 Å². The van der Waals surface area contributed by atoms with Crippen molar-refractivity contribution in [1.82, 2.24) is 0 Å². The summed E-state index contributed by atoms with van der Waals surface area (Å²) in [6.45, 7) is 1.15. The summed E-state index contributed by atoms with van der Waals surface area (Å²) in [6, 6.07) is 15.3. The fourth-order valence-electron chi connectivity index (χ4n) is 3.39. The van der Waals surface area contributed by atoms with Crippen LogP contribution in [-0.2, 0) is 13.0 Å². The molecular weight excluding hydrogens is 242 g/mol. The molecule has 0 saturated heterocycles. The topological polar surface area (TPSA) is 3.88 Å². The van der Waals surface area contributed by atoms with Crippen LogP contribution in [0.15, 0.2) is 54.9 Å². The largest absolute Gasteiger partial charge is 0.205 e. The van der Waals surface area contributed by atoms with Crippen LogP contribution in [0.5, 0.6) is 0 Å². The Balaban J connectivity index is 1.39. The van der Waals surface area contributed by atoms with Crippen molar-refractivity contribution in [3.05, 3.63) is 66.0 Å². The first-order valence-electron chi connectivity index (χ1n) is 7.95. The van der Waals surface area contributed by atoms with Crippen molar-refractivity contribution in [2.45, 2.75) is 51.0 Å². The Labute approximate surface area is 122 Å². The van der Waals surface area contributed by atoms with Gasteiger partial charge >= 0.3 is 0 Å². The molecule has 1 nitrogen and oxygen atoms in total. The molecule has 1 aliphatic carbocycles. The summed E-state index contributed by atoms with van der Waals surface area (Å²) in [5, 5.41) is 0. The first-order chi connectivity index (χ1) is 9.93. The molecule has 3 rings (SSSR count). The van der Waals surface area contributed by atoms with Gasteiger partial charge in [0.1, 0.15) is 6.54 Å². The van der Waals surface area contributed by atoms with E-state index in [-0.39, 0.29) is 0 Å². The quantitative estimate of drug-likeness (QED) is 0.543. The van der Waals surface area contributed by atoms with Crippen LogP contribution in [0.2, 0.25) is 0 Å². The molecule has 0 saturated carbocycles. The van der Waals surface area contributed by atoms with E-state index < -0.39 is 0 Å². The number of aryl methyl sites for hydroxylation is 2. The zero-order valence-electron chi connectivity index (χ0n) is 12.2. The molecule has 20 heavy (non-hydrogen) atoms. The van der Waals surface area contributed by atoms with Crippen LogP contribution < -0.4 is 4.57 Å². The SMILES string of the molecule is c1cc[n+](CCCCCC2CCc3ccccc32)cc1. The number of hydrogen-bond acceptors (Lipinski definition) is 0. The lowest BCUT2D eigenvalue weighted by Crippen LogP contribution is -2.32. The van der Waals surface area contributed by atoms with Gasteiger partial charge in [0, 0.05) is 18.6 Å². The maximum absolute atomic E-state index is 2.34. The smallest absolute Gasteiger partial charge is 0.168 e. The molecular formula is C19H24N+. The minimum Gasteiger partial charge on any atom is -0.205 e. The number of benzene rings is 1. The van der Waals surface area contributed by atoms with Gasteiger partial charge in [-0.2, -0.15) is 0 Å². The van der Waals surface area contributed by atoms with Gasteiger partial charge in [0.15, 0.2) is 12.4 Å². The van der Waals surface area contributed by atoms with E-state index in [0.29, 0.717) is 0 Å². The van der Waals surface area contributed by atoms with E-state index in [9.17, 15) is 0 Å². The van der Waals surface area contributed by atoms with Crippen LogP contribution in [0, 0.1) is 0 Å². The Hall–Kier alpha value is -1.63. The predicted octanol–water partition coefficient (Wildman–Crippen LogP) is 4.26. The van der Waals surface area contributed by atoms with Gasteiger partial charge in [0.05, 0.1) is 0 Å². The monoisotopic (exact) mass is 266 g/mol. The van der Waals surface area contributed by atoms with Crippen LogP contribution in [0.4, 0.5) is 0 Å². The van der Waals surface area contributed by atoms with Gasteiger partial charge in [-0.1, -0.05) is 36.8 Å². The highest BCUT2D eigenvalue weighted by atomic mass is 14.9. The molecule has 1 aliphatic rings. The summed E-state index contributed by atoms with van der Waals surface area (Å²) in [7, 11) is 0. The summed E-state index contributed by atoms with van der Waals surface area (Å²) in [5.41, 5.74) is 3.22. The van der Waals surface area contributed by atoms with E-state index in [2.05, 4.69) is 59.4 Å². The lowest BCUT2D eigenvalue weighted by atomic mass is 9.95. The van der Waals surface area contributed by atoms with Crippen LogP contribution in [-0.4, -0.2) is 0 Å². The number of aromatic nitrogens is 1. The molecule has 1 aromatic carbocycles. The molecule has 1 unspecified atom stereocenters. The van der Waals surface area contributed by atoms with Gasteiger partial charge in [-0.3, -0.25) is 0 Å². The lowest BCUT2D eigenvalue weighted by Gasteiger charge is -2.10. The van der Waals surface area contributed by atoms with Crippen molar-refractivity contribution in [2.75, 3.05) is 0 Å². The van der Waals surface area contributed by atoms with Crippen molar-refractivity contribution < 1.29 is 4.57 Å². The zero-order valence-corrected chi connectivity index (χ0v) is 12.2. The van der Waals surface area contributed by atoms with Crippen LogP contribution in [0.1, 0.15) is 49.1 Å². The van der Waals surface area contributed by atoms with Crippen molar-refractivity contribution in [2.24, 2.45) is 0 Å². The average molecular weight is 266 g/mol. The highest BCUT2D eigenvalue weighted by Gasteiger charge is 2.20. The summed E-state index contributed by atoms with van der Waals surface area (Å²) >= 11 is 0. The Kier molecular flexibility index (Phi) is 4.47. The van der Waals surface area contributed by atoms with E-state index in [4.69, 9.17) is 0 Å². The molecule has 2 aromatic rings. The standard InChI is InChI=1S/C19H24N/c1(6-14-20-15-7-2-8-16-20)3-9-17-12-13-18-10-4-5-11-19(17)18/h2,4-5,7-8,10-11,15-17H,1,3,6,9,12-14H2/q+1. The number of rotatable bonds is 6. The zero-order chi connectivity index (χ0) is 13.6. The Morgan fingerprint density at radius 1 is 0.900 bits per heavy atom. The maximum Gasteiger partial charge on any atom is 0.168 e. The van der Waals surface area contributed by atoms with Crippen molar-refractivity contribution in [3.63, 3.8) is 0 Å². The molecule has 0 spiro atoms. The molecule has 0 fully saturated rings. The first kappa shape index (κ1) is 13.4. The van der Waals surface area contributed by atoms with E-state index in [1.54, 1.807) is 11.1 Å². The molecule has 0 amide bonds. The summed E-state index contributed by atoms with van der Waals surface area (Å²) < 4.78 is 2.28. The third-order valence-corrected chi connectivity index (χ3v) is 4.50. The molecule has 0 radical (unpaired) electrons. The van der Waals surface area contributed by atoms with E-state index in [0.717, 1.165) is 12.5 Å². The molecule has 0 bridgehead atoms. The Morgan fingerprint density at radius 2 is 1.75 bits per heavy atom. The van der Waals surface area contributed by atoms with Crippen LogP contribution in [0.25, 0.3) is 0 Å². The molecule has 0 N–H and O–H groups in total. The van der Waals surface area contributed by atoms with Gasteiger partial charge in [-0.05, 0) is 42.7 Å². The summed E-state index contributed by atoms with van der Waals surface area (Å²) in [6.07, 6.45) is 12.4. The molecule has 1 heteroatoms. The first-order valence-corrected chi connectivity index (χ1v) is 7.95. The second-order valence-corrected chi connectivity index (χ2v) is 5.90. The van der Waals surface area contributed by atoms with Gasteiger partial charge in [-0.25, -0.2) is 4.57 Å². The Morgan fingerprint density at radius 3 is 2.65 bits per heavy atom. The van der Waals surface area contributed by atoms with Crippen molar-refractivity contribution in [3.8, 4) is 0 Å². The van der Waals surface area contributed by atoms with Gasteiger partial charge in [0.25, 0.3) is 0 Å². The number of hydrogen-bond donors (Lipinski definition) is 0. The van der Waals surface area contributed by atoms with Gasteiger partial charge in [-0.15, -0.1) is 0 Å². The fraction of sp³-hybridized carbons (Fsp3) is 0.421. The highest BCUT2D eigenvalue weighted by molar-refractivity contribution is 5.34. The second kappa shape index (κ2) is 6.69. The summed E-state index contributed by atoms with van der Waals surface area (Å²) in [4.78, 5) is 0. The second-order valence-electron chi connectivity index (χ2n) is 5.90. The van der Waals surface area contributed by atoms with Gasteiger partial charge < -0.3 is 0 Å². The van der Waals surface area contributed by atoms with Crippen molar-refractivity contribution >= 4 is 0 Å². The molecule has 104 valence electrons. The number of fused-ring (bicyclic) bond motifs is 1. The van der Waals surface area contributed by atoms with Crippen molar-refractivity contribution in [1.29, 1.82) is 0 Å². The van der Waals surface area contributed by atoms with Crippen LogP contribution >= 0.6 is 0 Å². The third-order valence-electron chi connectivity index (χ3n) is 4.50. The molecule has 1 heterocycles. The molecule has 1 atom stereocenters. The number of nitrogens with zero attached hydrogens (tertiary/aromatic N) is 1. The lowest BCUT2D eigenvalue weighted by molar-refractivity contribution is -0.697. The number of pyridine rings is 1. The van der Waals surface area contributed by atoms with E-state index in [1.165, 1.54) is 38.5 Å². The average Bonchev–Trinajstić information content (AvgIpc) is 2.91. The van der Waals surface area contributed by atoms with E-state index >= 15 is 0 Å². The highest BCUT2D eigenvalue weighted by Crippen LogP contribution is 2.36. The minimum atomic E-state index is 0.829. The molecule has 0 aliphatic heterocycles. The summed E-state index contributed by atoms with van der Waals surface area (Å²) in [5.74, 6) is 0.829. The predicted molar refractivity (Wildman–Crippen MR) is 82.6 cm³/mol. The van der Waals surface area contributed by atoms with E-state index in [1.807, 2.05) is 0 Å². The normalized spacial score (nSPS) is 17.1.